The highest BCUT2D eigenvalue weighted by Gasteiger charge is 2.05. The third-order valence-corrected chi connectivity index (χ3v) is 3.83. The van der Waals surface area contributed by atoms with Crippen LogP contribution in [0, 0.1) is 0 Å². The van der Waals surface area contributed by atoms with Gasteiger partial charge < -0.3 is 0 Å². The second kappa shape index (κ2) is 6.39. The van der Waals surface area contributed by atoms with Crippen LogP contribution in [0.1, 0.15) is 5.56 Å². The van der Waals surface area contributed by atoms with Crippen molar-refractivity contribution in [1.29, 1.82) is 0 Å². The van der Waals surface area contributed by atoms with E-state index in [9.17, 15) is 0 Å². The standard InChI is InChI=1S/C16H15N3S/c1-3-7-13(8-4-1)11-12-20-16-17-15(18-19-16)14-9-5-2-6-10-14/h1-10H,11-12H2,(H,17,18,19). The smallest absolute Gasteiger partial charge is 0.208 e. The minimum Gasteiger partial charge on any atom is -0.258 e. The third kappa shape index (κ3) is 3.27. The van der Waals surface area contributed by atoms with Gasteiger partial charge in [-0.15, -0.1) is 5.10 Å². The quantitative estimate of drug-likeness (QED) is 0.723. The summed E-state index contributed by atoms with van der Waals surface area (Å²) in [5, 5.41) is 8.04. The van der Waals surface area contributed by atoms with Crippen molar-refractivity contribution in [3.8, 4) is 11.4 Å². The van der Waals surface area contributed by atoms with Crippen molar-refractivity contribution in [2.24, 2.45) is 0 Å². The molecule has 4 heteroatoms. The Morgan fingerprint density at radius 2 is 1.60 bits per heavy atom. The van der Waals surface area contributed by atoms with E-state index in [0.29, 0.717) is 0 Å². The molecule has 0 aliphatic heterocycles. The summed E-state index contributed by atoms with van der Waals surface area (Å²) < 4.78 is 0. The monoisotopic (exact) mass is 281 g/mol. The largest absolute Gasteiger partial charge is 0.258 e. The number of nitrogens with zero attached hydrogens (tertiary/aromatic N) is 2. The number of aromatic nitrogens is 3. The zero-order valence-electron chi connectivity index (χ0n) is 11.0. The Hall–Kier alpha value is -2.07. The molecule has 3 rings (SSSR count). The maximum absolute atomic E-state index is 4.51. The Labute approximate surface area is 122 Å². The normalized spacial score (nSPS) is 10.6. The average molecular weight is 281 g/mol. The van der Waals surface area contributed by atoms with Crippen LogP contribution in [-0.2, 0) is 6.42 Å². The van der Waals surface area contributed by atoms with Gasteiger partial charge >= 0.3 is 0 Å². The average Bonchev–Trinajstić information content (AvgIpc) is 2.98. The topological polar surface area (TPSA) is 41.6 Å². The molecule has 3 nitrogen and oxygen atoms in total. The Morgan fingerprint density at radius 3 is 2.35 bits per heavy atom. The Kier molecular flexibility index (Phi) is 4.13. The van der Waals surface area contributed by atoms with Crippen molar-refractivity contribution in [1.82, 2.24) is 15.2 Å². The van der Waals surface area contributed by atoms with Gasteiger partial charge in [0.1, 0.15) is 0 Å². The summed E-state index contributed by atoms with van der Waals surface area (Å²) in [6, 6.07) is 20.5. The summed E-state index contributed by atoms with van der Waals surface area (Å²) in [6.45, 7) is 0. The lowest BCUT2D eigenvalue weighted by Crippen LogP contribution is -1.88. The first-order valence-corrected chi connectivity index (χ1v) is 7.55. The maximum Gasteiger partial charge on any atom is 0.208 e. The number of rotatable bonds is 5. The molecule has 0 aliphatic carbocycles. The van der Waals surface area contributed by atoms with Crippen LogP contribution in [0.25, 0.3) is 11.4 Å². The van der Waals surface area contributed by atoms with Crippen LogP contribution >= 0.6 is 11.8 Å². The van der Waals surface area contributed by atoms with Crippen LogP contribution in [0.3, 0.4) is 0 Å². The van der Waals surface area contributed by atoms with Crippen molar-refractivity contribution in [3.63, 3.8) is 0 Å². The van der Waals surface area contributed by atoms with E-state index >= 15 is 0 Å². The highest BCUT2D eigenvalue weighted by Crippen LogP contribution is 2.19. The van der Waals surface area contributed by atoms with Gasteiger partial charge in [0.2, 0.25) is 5.16 Å². The zero-order valence-corrected chi connectivity index (χ0v) is 11.8. The van der Waals surface area contributed by atoms with Gasteiger partial charge in [0.15, 0.2) is 5.82 Å². The molecule has 0 aliphatic rings. The SMILES string of the molecule is c1ccc(CCSc2n[nH]c(-c3ccccc3)n2)cc1. The lowest BCUT2D eigenvalue weighted by Gasteiger charge is -1.98. The van der Waals surface area contributed by atoms with Gasteiger partial charge in [0, 0.05) is 11.3 Å². The van der Waals surface area contributed by atoms with Gasteiger partial charge in [-0.1, -0.05) is 72.4 Å². The van der Waals surface area contributed by atoms with Crippen LogP contribution in [0.4, 0.5) is 0 Å². The van der Waals surface area contributed by atoms with E-state index in [1.54, 1.807) is 11.8 Å². The van der Waals surface area contributed by atoms with Gasteiger partial charge in [-0.3, -0.25) is 5.10 Å². The predicted molar refractivity (Wildman–Crippen MR) is 82.7 cm³/mol. The first kappa shape index (κ1) is 12.9. The van der Waals surface area contributed by atoms with Crippen LogP contribution in [0.15, 0.2) is 65.8 Å². The van der Waals surface area contributed by atoms with Crippen LogP contribution in [0.5, 0.6) is 0 Å². The van der Waals surface area contributed by atoms with Gasteiger partial charge in [-0.2, -0.15) is 0 Å². The molecule has 0 atom stereocenters. The molecule has 0 amide bonds. The summed E-state index contributed by atoms with van der Waals surface area (Å²) in [4.78, 5) is 4.51. The molecule has 0 saturated heterocycles. The molecule has 0 saturated carbocycles. The predicted octanol–water partition coefficient (Wildman–Crippen LogP) is 3.81. The van der Waals surface area contributed by atoms with E-state index < -0.39 is 0 Å². The molecule has 2 aromatic carbocycles. The van der Waals surface area contributed by atoms with Crippen molar-refractivity contribution in [3.05, 3.63) is 66.2 Å². The van der Waals surface area contributed by atoms with Crippen molar-refractivity contribution in [2.75, 3.05) is 5.75 Å². The number of H-pyrrole nitrogens is 1. The minimum absolute atomic E-state index is 0.805. The van der Waals surface area contributed by atoms with Crippen molar-refractivity contribution in [2.45, 2.75) is 11.6 Å². The first-order chi connectivity index (χ1) is 9.92. The molecule has 1 heterocycles. The molecular weight excluding hydrogens is 266 g/mol. The highest BCUT2D eigenvalue weighted by atomic mass is 32.2. The maximum atomic E-state index is 4.51. The molecule has 3 aromatic rings. The Balaban J connectivity index is 1.58. The Bertz CT molecular complexity index is 650. The lowest BCUT2D eigenvalue weighted by atomic mass is 10.2. The number of aryl methyl sites for hydroxylation is 1. The number of benzene rings is 2. The molecule has 0 spiro atoms. The summed E-state index contributed by atoms with van der Waals surface area (Å²) in [5.41, 5.74) is 2.41. The summed E-state index contributed by atoms with van der Waals surface area (Å²) in [7, 11) is 0. The number of aromatic amines is 1. The van der Waals surface area contributed by atoms with E-state index in [0.717, 1.165) is 28.7 Å². The van der Waals surface area contributed by atoms with E-state index in [4.69, 9.17) is 0 Å². The first-order valence-electron chi connectivity index (χ1n) is 6.56. The zero-order chi connectivity index (χ0) is 13.6. The molecule has 0 radical (unpaired) electrons. The van der Waals surface area contributed by atoms with Crippen molar-refractivity contribution >= 4 is 11.8 Å². The van der Waals surface area contributed by atoms with Gasteiger partial charge in [-0.05, 0) is 12.0 Å². The van der Waals surface area contributed by atoms with Crippen molar-refractivity contribution < 1.29 is 0 Å². The number of nitrogens with one attached hydrogen (secondary N) is 1. The molecule has 0 unspecified atom stereocenters. The molecule has 1 aromatic heterocycles. The second-order valence-corrected chi connectivity index (χ2v) is 5.48. The number of thioether (sulfide) groups is 1. The van der Waals surface area contributed by atoms with E-state index in [1.807, 2.05) is 36.4 Å². The molecular formula is C16H15N3S. The summed E-state index contributed by atoms with van der Waals surface area (Å²) in [5.74, 6) is 1.81. The van der Waals surface area contributed by atoms with E-state index in [1.165, 1.54) is 5.56 Å². The summed E-state index contributed by atoms with van der Waals surface area (Å²) >= 11 is 1.68. The van der Waals surface area contributed by atoms with Gasteiger partial charge in [0.05, 0.1) is 0 Å². The van der Waals surface area contributed by atoms with E-state index in [2.05, 4.69) is 39.4 Å². The molecule has 1 N–H and O–H groups in total. The third-order valence-electron chi connectivity index (χ3n) is 2.98. The number of hydrogen-bond acceptors (Lipinski definition) is 3. The van der Waals surface area contributed by atoms with Crippen LogP contribution in [-0.4, -0.2) is 20.9 Å². The lowest BCUT2D eigenvalue weighted by molar-refractivity contribution is 0.970. The molecule has 20 heavy (non-hydrogen) atoms. The molecule has 0 fully saturated rings. The van der Waals surface area contributed by atoms with Crippen LogP contribution in [0.2, 0.25) is 0 Å². The fraction of sp³-hybridized carbons (Fsp3) is 0.125. The van der Waals surface area contributed by atoms with Gasteiger partial charge in [0.25, 0.3) is 0 Å². The van der Waals surface area contributed by atoms with Crippen LogP contribution < -0.4 is 0 Å². The fourth-order valence-corrected chi connectivity index (χ4v) is 2.73. The highest BCUT2D eigenvalue weighted by molar-refractivity contribution is 7.99. The second-order valence-electron chi connectivity index (χ2n) is 4.42. The molecule has 0 bridgehead atoms. The van der Waals surface area contributed by atoms with E-state index in [-0.39, 0.29) is 0 Å². The fourth-order valence-electron chi connectivity index (χ4n) is 1.94. The summed E-state index contributed by atoms with van der Waals surface area (Å²) in [6.07, 6.45) is 1.03. The number of hydrogen-bond donors (Lipinski definition) is 1. The molecule has 100 valence electrons. The Morgan fingerprint density at radius 1 is 0.900 bits per heavy atom. The van der Waals surface area contributed by atoms with Gasteiger partial charge in [-0.25, -0.2) is 4.98 Å². The minimum atomic E-state index is 0.805.